The van der Waals surface area contributed by atoms with Crippen molar-refractivity contribution < 1.29 is 9.53 Å². The Morgan fingerprint density at radius 3 is 2.77 bits per heavy atom. The molecule has 6 heteroatoms. The quantitative estimate of drug-likeness (QED) is 0.752. The molecule has 1 aromatic carbocycles. The van der Waals surface area contributed by atoms with Gasteiger partial charge >= 0.3 is 0 Å². The third kappa shape index (κ3) is 4.89. The predicted molar refractivity (Wildman–Crippen MR) is 104 cm³/mol. The number of para-hydroxylation sites is 1. The van der Waals surface area contributed by atoms with Crippen LogP contribution in [0.3, 0.4) is 0 Å². The van der Waals surface area contributed by atoms with Gasteiger partial charge in [-0.25, -0.2) is 0 Å². The summed E-state index contributed by atoms with van der Waals surface area (Å²) in [6.45, 7) is 2.47. The molecule has 4 nitrogen and oxygen atoms in total. The molecule has 1 heterocycles. The zero-order chi connectivity index (χ0) is 18.5. The first-order chi connectivity index (χ1) is 12.5. The van der Waals surface area contributed by atoms with E-state index in [4.69, 9.17) is 27.9 Å². The summed E-state index contributed by atoms with van der Waals surface area (Å²) in [7, 11) is 0. The molecule has 3 rings (SSSR count). The minimum atomic E-state index is -0.0887. The number of hydrogen-bond donors (Lipinski definition) is 1. The fraction of sp³-hybridized carbons (Fsp3) is 0.400. The molecule has 0 aliphatic heterocycles. The normalized spacial score (nSPS) is 19.8. The molecule has 1 saturated carbocycles. The van der Waals surface area contributed by atoms with Gasteiger partial charge in [0.15, 0.2) is 5.75 Å². The maximum Gasteiger partial charge on any atom is 0.253 e. The fourth-order valence-electron chi connectivity index (χ4n) is 3.30. The molecular formula is C20H22Cl2N2O2. The van der Waals surface area contributed by atoms with Crippen molar-refractivity contribution in [2.75, 3.05) is 0 Å². The molecule has 1 amide bonds. The SMILES string of the molecule is CC1CCCC(NC(=O)c2cncc(COc3c(Cl)cccc3Cl)c2)C1. The van der Waals surface area contributed by atoms with E-state index in [1.165, 1.54) is 6.42 Å². The van der Waals surface area contributed by atoms with E-state index >= 15 is 0 Å². The van der Waals surface area contributed by atoms with E-state index in [9.17, 15) is 4.79 Å². The number of ether oxygens (including phenoxy) is 1. The third-order valence-electron chi connectivity index (χ3n) is 4.63. The third-order valence-corrected chi connectivity index (χ3v) is 5.23. The second-order valence-electron chi connectivity index (χ2n) is 6.86. The van der Waals surface area contributed by atoms with Crippen molar-refractivity contribution in [3.63, 3.8) is 0 Å². The molecule has 1 aliphatic rings. The van der Waals surface area contributed by atoms with Gasteiger partial charge in [-0.2, -0.15) is 0 Å². The number of hydrogen-bond acceptors (Lipinski definition) is 3. The minimum absolute atomic E-state index is 0.0887. The van der Waals surface area contributed by atoms with Crippen LogP contribution in [0.15, 0.2) is 36.7 Å². The van der Waals surface area contributed by atoms with Crippen molar-refractivity contribution in [1.29, 1.82) is 0 Å². The summed E-state index contributed by atoms with van der Waals surface area (Å²) in [5.74, 6) is 1.00. The van der Waals surface area contributed by atoms with Gasteiger partial charge in [0.1, 0.15) is 6.61 Å². The lowest BCUT2D eigenvalue weighted by atomic mass is 9.87. The van der Waals surface area contributed by atoms with Crippen LogP contribution in [0.1, 0.15) is 48.5 Å². The number of halogens is 2. The van der Waals surface area contributed by atoms with Crippen molar-refractivity contribution in [1.82, 2.24) is 10.3 Å². The summed E-state index contributed by atoms with van der Waals surface area (Å²) < 4.78 is 5.72. The van der Waals surface area contributed by atoms with Crippen molar-refractivity contribution >= 4 is 29.1 Å². The summed E-state index contributed by atoms with van der Waals surface area (Å²) in [4.78, 5) is 16.7. The van der Waals surface area contributed by atoms with Gasteiger partial charge in [-0.05, 0) is 37.0 Å². The summed E-state index contributed by atoms with van der Waals surface area (Å²) in [5.41, 5.74) is 1.32. The molecule has 138 valence electrons. The molecule has 1 N–H and O–H groups in total. The first-order valence-electron chi connectivity index (χ1n) is 8.84. The van der Waals surface area contributed by atoms with Crippen LogP contribution in [0.25, 0.3) is 0 Å². The van der Waals surface area contributed by atoms with Gasteiger partial charge in [0.05, 0.1) is 15.6 Å². The first-order valence-corrected chi connectivity index (χ1v) is 9.60. The largest absolute Gasteiger partial charge is 0.486 e. The molecule has 0 bridgehead atoms. The van der Waals surface area contributed by atoms with E-state index in [0.29, 0.717) is 27.3 Å². The van der Waals surface area contributed by atoms with Gasteiger partial charge in [0.25, 0.3) is 5.91 Å². The van der Waals surface area contributed by atoms with Crippen LogP contribution in [0.2, 0.25) is 10.0 Å². The van der Waals surface area contributed by atoms with Gasteiger partial charge in [-0.1, -0.05) is 49.0 Å². The summed E-state index contributed by atoms with van der Waals surface area (Å²) in [5, 5.41) is 4.02. The Morgan fingerprint density at radius 1 is 1.27 bits per heavy atom. The Balaban J connectivity index is 1.63. The number of carbonyl (C=O) groups excluding carboxylic acids is 1. The Kier molecular flexibility index (Phi) is 6.38. The van der Waals surface area contributed by atoms with Crippen LogP contribution in [0, 0.1) is 5.92 Å². The minimum Gasteiger partial charge on any atom is -0.486 e. The number of nitrogens with one attached hydrogen (secondary N) is 1. The molecule has 2 aromatic rings. The standard InChI is InChI=1S/C20H22Cl2N2O2/c1-13-4-2-5-16(8-13)24-20(25)15-9-14(10-23-11-15)12-26-19-17(21)6-3-7-18(19)22/h3,6-7,9-11,13,16H,2,4-5,8,12H2,1H3,(H,24,25). The van der Waals surface area contributed by atoms with Crippen molar-refractivity contribution in [2.24, 2.45) is 5.92 Å². The highest BCUT2D eigenvalue weighted by molar-refractivity contribution is 6.37. The van der Waals surface area contributed by atoms with E-state index in [0.717, 1.165) is 24.8 Å². The lowest BCUT2D eigenvalue weighted by Crippen LogP contribution is -2.38. The molecule has 1 fully saturated rings. The van der Waals surface area contributed by atoms with E-state index in [1.807, 2.05) is 0 Å². The smallest absolute Gasteiger partial charge is 0.253 e. The predicted octanol–water partition coefficient (Wildman–Crippen LogP) is 5.28. The molecule has 2 atom stereocenters. The number of amides is 1. The molecule has 2 unspecified atom stereocenters. The molecule has 1 aliphatic carbocycles. The first kappa shape index (κ1) is 19.0. The number of benzene rings is 1. The highest BCUT2D eigenvalue weighted by Gasteiger charge is 2.21. The molecule has 0 spiro atoms. The number of pyridine rings is 1. The van der Waals surface area contributed by atoms with E-state index in [2.05, 4.69) is 17.2 Å². The topological polar surface area (TPSA) is 51.2 Å². The van der Waals surface area contributed by atoms with Gasteiger partial charge < -0.3 is 10.1 Å². The maximum absolute atomic E-state index is 12.5. The fourth-order valence-corrected chi connectivity index (χ4v) is 3.81. The molecule has 1 aromatic heterocycles. The van der Waals surface area contributed by atoms with Gasteiger partial charge in [-0.3, -0.25) is 9.78 Å². The zero-order valence-corrected chi connectivity index (χ0v) is 16.2. The Hall–Kier alpha value is -1.78. The second-order valence-corrected chi connectivity index (χ2v) is 7.68. The lowest BCUT2D eigenvalue weighted by Gasteiger charge is -2.27. The second kappa shape index (κ2) is 8.74. The summed E-state index contributed by atoms with van der Waals surface area (Å²) in [6.07, 6.45) is 7.73. The summed E-state index contributed by atoms with van der Waals surface area (Å²) >= 11 is 12.2. The molecule has 26 heavy (non-hydrogen) atoms. The van der Waals surface area contributed by atoms with Crippen LogP contribution in [0.4, 0.5) is 0 Å². The lowest BCUT2D eigenvalue weighted by molar-refractivity contribution is 0.0921. The van der Waals surface area contributed by atoms with E-state index in [-0.39, 0.29) is 18.6 Å². The number of carbonyl (C=O) groups is 1. The van der Waals surface area contributed by atoms with Gasteiger partial charge in [0.2, 0.25) is 0 Å². The van der Waals surface area contributed by atoms with Crippen LogP contribution in [-0.2, 0) is 6.61 Å². The zero-order valence-electron chi connectivity index (χ0n) is 14.7. The van der Waals surface area contributed by atoms with Gasteiger partial charge in [0, 0.05) is 24.0 Å². The Labute approximate surface area is 163 Å². The van der Waals surface area contributed by atoms with Crippen LogP contribution in [0.5, 0.6) is 5.75 Å². The number of rotatable bonds is 5. The number of nitrogens with zero attached hydrogens (tertiary/aromatic N) is 1. The maximum atomic E-state index is 12.5. The van der Waals surface area contributed by atoms with Crippen LogP contribution in [-0.4, -0.2) is 16.9 Å². The Bertz CT molecular complexity index is 762. The highest BCUT2D eigenvalue weighted by atomic mass is 35.5. The monoisotopic (exact) mass is 392 g/mol. The highest BCUT2D eigenvalue weighted by Crippen LogP contribution is 2.33. The Morgan fingerprint density at radius 2 is 2.04 bits per heavy atom. The van der Waals surface area contributed by atoms with Crippen molar-refractivity contribution in [2.45, 2.75) is 45.3 Å². The van der Waals surface area contributed by atoms with Crippen molar-refractivity contribution in [3.05, 3.63) is 57.8 Å². The average molecular weight is 393 g/mol. The van der Waals surface area contributed by atoms with Crippen LogP contribution < -0.4 is 10.1 Å². The molecule has 0 radical (unpaired) electrons. The van der Waals surface area contributed by atoms with E-state index < -0.39 is 0 Å². The van der Waals surface area contributed by atoms with Crippen molar-refractivity contribution in [3.8, 4) is 5.75 Å². The molecule has 0 saturated heterocycles. The summed E-state index contributed by atoms with van der Waals surface area (Å²) in [6, 6.07) is 7.23. The van der Waals surface area contributed by atoms with Crippen LogP contribution >= 0.6 is 23.2 Å². The van der Waals surface area contributed by atoms with E-state index in [1.54, 1.807) is 36.7 Å². The van der Waals surface area contributed by atoms with Gasteiger partial charge in [-0.15, -0.1) is 0 Å². The molecular weight excluding hydrogens is 371 g/mol. The number of aromatic nitrogens is 1. The average Bonchev–Trinajstić information content (AvgIpc) is 2.61.